The van der Waals surface area contributed by atoms with E-state index in [2.05, 4.69) is 19.8 Å². The van der Waals surface area contributed by atoms with E-state index in [1.165, 1.54) is 26.5 Å². The van der Waals surface area contributed by atoms with Crippen molar-refractivity contribution in [3.63, 3.8) is 0 Å². The zero-order valence-corrected chi connectivity index (χ0v) is 13.1. The molecule has 0 saturated carbocycles. The number of pyridine rings is 1. The summed E-state index contributed by atoms with van der Waals surface area (Å²) in [5, 5.41) is 4.02. The fourth-order valence-corrected chi connectivity index (χ4v) is 2.11. The SMILES string of the molecule is COC(=O)/C=C(/Nc1ccc2c(Cl)c[nH]c(=O)c2c1)C(=O)OC. The lowest BCUT2D eigenvalue weighted by atomic mass is 10.1. The number of aromatic nitrogens is 1. The van der Waals surface area contributed by atoms with E-state index in [1.807, 2.05) is 0 Å². The van der Waals surface area contributed by atoms with E-state index in [9.17, 15) is 14.4 Å². The molecule has 0 aliphatic carbocycles. The average molecular weight is 337 g/mol. The second-order valence-electron chi connectivity index (χ2n) is 4.42. The number of aromatic amines is 1. The van der Waals surface area contributed by atoms with Gasteiger partial charge in [-0.3, -0.25) is 4.79 Å². The quantitative estimate of drug-likeness (QED) is 0.653. The van der Waals surface area contributed by atoms with E-state index in [0.717, 1.165) is 6.08 Å². The summed E-state index contributed by atoms with van der Waals surface area (Å²) in [7, 11) is 2.37. The number of hydrogen-bond donors (Lipinski definition) is 2. The Morgan fingerprint density at radius 3 is 2.61 bits per heavy atom. The van der Waals surface area contributed by atoms with Crippen LogP contribution in [0.5, 0.6) is 0 Å². The smallest absolute Gasteiger partial charge is 0.354 e. The number of hydrogen-bond acceptors (Lipinski definition) is 6. The maximum atomic E-state index is 11.9. The number of methoxy groups -OCH3 is 2. The summed E-state index contributed by atoms with van der Waals surface area (Å²) in [5.74, 6) is -1.48. The lowest BCUT2D eigenvalue weighted by Crippen LogP contribution is -2.15. The van der Waals surface area contributed by atoms with Crippen LogP contribution in [-0.4, -0.2) is 31.1 Å². The number of esters is 2. The van der Waals surface area contributed by atoms with E-state index >= 15 is 0 Å². The number of carbonyl (C=O) groups excluding carboxylic acids is 2. The molecule has 0 fully saturated rings. The molecule has 0 radical (unpaired) electrons. The van der Waals surface area contributed by atoms with E-state index in [0.29, 0.717) is 21.5 Å². The molecule has 0 aliphatic heterocycles. The van der Waals surface area contributed by atoms with Crippen LogP contribution in [0.3, 0.4) is 0 Å². The lowest BCUT2D eigenvalue weighted by Gasteiger charge is -2.10. The number of benzene rings is 1. The Morgan fingerprint density at radius 2 is 1.96 bits per heavy atom. The van der Waals surface area contributed by atoms with Gasteiger partial charge in [0.2, 0.25) is 0 Å². The van der Waals surface area contributed by atoms with E-state index in [-0.39, 0.29) is 11.3 Å². The second-order valence-corrected chi connectivity index (χ2v) is 4.83. The first-order valence-corrected chi connectivity index (χ1v) is 6.80. The Balaban J connectivity index is 2.45. The van der Waals surface area contributed by atoms with Crippen molar-refractivity contribution in [3.8, 4) is 0 Å². The second kappa shape index (κ2) is 6.97. The first kappa shape index (κ1) is 16.6. The molecule has 0 amide bonds. The van der Waals surface area contributed by atoms with Crippen LogP contribution in [0, 0.1) is 0 Å². The molecule has 1 heterocycles. The van der Waals surface area contributed by atoms with Gasteiger partial charge in [-0.2, -0.15) is 0 Å². The van der Waals surface area contributed by atoms with Gasteiger partial charge in [0, 0.05) is 17.3 Å². The van der Waals surface area contributed by atoms with Crippen molar-refractivity contribution in [1.29, 1.82) is 0 Å². The standard InChI is InChI=1S/C15H13ClN2O5/c1-22-13(19)6-12(15(21)23-2)18-8-3-4-9-10(5-8)14(20)17-7-11(9)16/h3-7,18H,1-2H3,(H,17,20)/b12-6+. The van der Waals surface area contributed by atoms with Gasteiger partial charge in [0.1, 0.15) is 5.70 Å². The predicted molar refractivity (Wildman–Crippen MR) is 85.3 cm³/mol. The molecule has 1 aromatic heterocycles. The number of ether oxygens (including phenoxy) is 2. The highest BCUT2D eigenvalue weighted by atomic mass is 35.5. The van der Waals surface area contributed by atoms with Crippen molar-refractivity contribution < 1.29 is 19.1 Å². The summed E-state index contributed by atoms with van der Waals surface area (Å²) in [5.41, 5.74) is -0.0485. The highest BCUT2D eigenvalue weighted by molar-refractivity contribution is 6.35. The van der Waals surface area contributed by atoms with Crippen LogP contribution >= 0.6 is 11.6 Å². The minimum atomic E-state index is -0.754. The van der Waals surface area contributed by atoms with Gasteiger partial charge in [0.25, 0.3) is 5.56 Å². The minimum absolute atomic E-state index is 0.128. The average Bonchev–Trinajstić information content (AvgIpc) is 2.56. The summed E-state index contributed by atoms with van der Waals surface area (Å²) in [6.45, 7) is 0. The largest absolute Gasteiger partial charge is 0.466 e. The Bertz CT molecular complexity index is 857. The van der Waals surface area contributed by atoms with Crippen molar-refractivity contribution in [1.82, 2.24) is 4.98 Å². The maximum absolute atomic E-state index is 11.9. The van der Waals surface area contributed by atoms with E-state index in [1.54, 1.807) is 12.1 Å². The third kappa shape index (κ3) is 3.70. The fraction of sp³-hybridized carbons (Fsp3) is 0.133. The molecular weight excluding hydrogens is 324 g/mol. The molecular formula is C15H13ClN2O5. The summed E-state index contributed by atoms with van der Waals surface area (Å²) in [6, 6.07) is 4.75. The maximum Gasteiger partial charge on any atom is 0.354 e. The Kier molecular flexibility index (Phi) is 5.02. The number of anilines is 1. The van der Waals surface area contributed by atoms with Crippen LogP contribution in [0.2, 0.25) is 5.02 Å². The van der Waals surface area contributed by atoms with Crippen LogP contribution in [0.4, 0.5) is 5.69 Å². The van der Waals surface area contributed by atoms with Crippen LogP contribution in [0.1, 0.15) is 0 Å². The van der Waals surface area contributed by atoms with Gasteiger partial charge in [-0.25, -0.2) is 9.59 Å². The third-order valence-corrected chi connectivity index (χ3v) is 3.31. The molecule has 2 N–H and O–H groups in total. The van der Waals surface area contributed by atoms with Crippen LogP contribution in [0.15, 0.2) is 41.0 Å². The minimum Gasteiger partial charge on any atom is -0.466 e. The summed E-state index contributed by atoms with van der Waals surface area (Å²) >= 11 is 6.01. The molecule has 0 spiro atoms. The summed E-state index contributed by atoms with van der Waals surface area (Å²) in [6.07, 6.45) is 2.36. The molecule has 2 rings (SSSR count). The lowest BCUT2D eigenvalue weighted by molar-refractivity contribution is -0.138. The van der Waals surface area contributed by atoms with Crippen molar-refractivity contribution in [2.45, 2.75) is 0 Å². The summed E-state index contributed by atoms with van der Waals surface area (Å²) in [4.78, 5) is 37.4. The first-order chi connectivity index (χ1) is 11.0. The number of nitrogens with one attached hydrogen (secondary N) is 2. The van der Waals surface area contributed by atoms with Crippen LogP contribution in [0.25, 0.3) is 10.8 Å². The van der Waals surface area contributed by atoms with E-state index < -0.39 is 11.9 Å². The number of carbonyl (C=O) groups is 2. The van der Waals surface area contributed by atoms with Crippen molar-refractivity contribution >= 4 is 40.0 Å². The molecule has 0 aliphatic rings. The zero-order chi connectivity index (χ0) is 17.0. The van der Waals surface area contributed by atoms with Crippen LogP contribution in [-0.2, 0) is 19.1 Å². The Hall–Kier alpha value is -2.80. The van der Waals surface area contributed by atoms with Gasteiger partial charge in [-0.1, -0.05) is 17.7 Å². The summed E-state index contributed by atoms with van der Waals surface area (Å²) < 4.78 is 9.08. The predicted octanol–water partition coefficient (Wildman–Crippen LogP) is 1.82. The molecule has 120 valence electrons. The molecule has 0 bridgehead atoms. The molecule has 2 aromatic rings. The molecule has 0 saturated heterocycles. The first-order valence-electron chi connectivity index (χ1n) is 6.42. The van der Waals surface area contributed by atoms with Gasteiger partial charge in [0.15, 0.2) is 0 Å². The molecule has 23 heavy (non-hydrogen) atoms. The van der Waals surface area contributed by atoms with Gasteiger partial charge in [-0.05, 0) is 12.1 Å². The number of rotatable bonds is 4. The highest BCUT2D eigenvalue weighted by Crippen LogP contribution is 2.23. The number of H-pyrrole nitrogens is 1. The Labute approximate surface area is 135 Å². The monoisotopic (exact) mass is 336 g/mol. The van der Waals surface area contributed by atoms with E-state index in [4.69, 9.17) is 11.6 Å². The van der Waals surface area contributed by atoms with Crippen molar-refractivity contribution in [3.05, 3.63) is 51.5 Å². The molecule has 8 heteroatoms. The molecule has 1 aromatic carbocycles. The highest BCUT2D eigenvalue weighted by Gasteiger charge is 2.13. The normalized spacial score (nSPS) is 11.2. The molecule has 0 unspecified atom stereocenters. The van der Waals surface area contributed by atoms with Gasteiger partial charge in [-0.15, -0.1) is 0 Å². The van der Waals surface area contributed by atoms with Gasteiger partial charge in [0.05, 0.1) is 30.7 Å². The molecule has 0 atom stereocenters. The Morgan fingerprint density at radius 1 is 1.22 bits per heavy atom. The molecule has 7 nitrogen and oxygen atoms in total. The topological polar surface area (TPSA) is 97.5 Å². The van der Waals surface area contributed by atoms with Crippen molar-refractivity contribution in [2.75, 3.05) is 19.5 Å². The van der Waals surface area contributed by atoms with Crippen molar-refractivity contribution in [2.24, 2.45) is 0 Å². The van der Waals surface area contributed by atoms with Gasteiger partial charge >= 0.3 is 11.9 Å². The van der Waals surface area contributed by atoms with Crippen LogP contribution < -0.4 is 10.9 Å². The number of fused-ring (bicyclic) bond motifs is 1. The van der Waals surface area contributed by atoms with Gasteiger partial charge < -0.3 is 19.8 Å². The third-order valence-electron chi connectivity index (χ3n) is 3.00. The number of halogens is 1. The fourth-order valence-electron chi connectivity index (χ4n) is 1.89. The zero-order valence-electron chi connectivity index (χ0n) is 12.3.